The Balaban J connectivity index is 1.64. The molecule has 0 fully saturated rings. The smallest absolute Gasteiger partial charge is 0.271 e. The Morgan fingerprint density at radius 1 is 1.03 bits per heavy atom. The lowest BCUT2D eigenvalue weighted by Gasteiger charge is -2.08. The maximum absolute atomic E-state index is 12.4. The predicted molar refractivity (Wildman–Crippen MR) is 127 cm³/mol. The molecule has 158 valence electrons. The molecule has 0 unspecified atom stereocenters. The number of halogens is 3. The average molecular weight is 521 g/mol. The average Bonchev–Trinajstić information content (AvgIpc) is 2.74. The van der Waals surface area contributed by atoms with Crippen LogP contribution in [0.1, 0.15) is 26.3 Å². The number of amides is 2. The highest BCUT2D eigenvalue weighted by Crippen LogP contribution is 2.31. The number of methoxy groups -OCH3 is 1. The summed E-state index contributed by atoms with van der Waals surface area (Å²) in [6.45, 7) is 0. The number of hydrogen-bond donors (Lipinski definition) is 2. The number of carbonyl (C=O) groups excluding carboxylic acids is 2. The van der Waals surface area contributed by atoms with E-state index in [1.807, 2.05) is 6.07 Å². The predicted octanol–water partition coefficient (Wildman–Crippen LogP) is 5.78. The topological polar surface area (TPSA) is 79.8 Å². The van der Waals surface area contributed by atoms with Crippen molar-refractivity contribution in [3.8, 4) is 5.75 Å². The number of benzene rings is 3. The van der Waals surface area contributed by atoms with Gasteiger partial charge in [0.2, 0.25) is 0 Å². The van der Waals surface area contributed by atoms with Crippen LogP contribution in [0.4, 0.5) is 5.69 Å². The van der Waals surface area contributed by atoms with Gasteiger partial charge in [0.25, 0.3) is 11.8 Å². The molecule has 2 amide bonds. The fraction of sp³-hybridized carbons (Fsp3) is 0.0455. The molecule has 0 saturated carbocycles. The Morgan fingerprint density at radius 3 is 2.42 bits per heavy atom. The minimum absolute atomic E-state index is 0.261. The van der Waals surface area contributed by atoms with Gasteiger partial charge >= 0.3 is 0 Å². The number of ether oxygens (including phenoxy) is 1. The standard InChI is InChI=1S/C22H16BrCl2N3O3/c1-31-20-14(10-15(24)11-19(20)25)12-26-28-21(29)13-6-8-16(9-7-13)27-22(30)17-4-2-3-5-18(17)23/h2-12H,1H3,(H,27,30)(H,28,29)/b26-12+. The van der Waals surface area contributed by atoms with Crippen LogP contribution < -0.4 is 15.5 Å². The largest absolute Gasteiger partial charge is 0.495 e. The maximum atomic E-state index is 12.4. The summed E-state index contributed by atoms with van der Waals surface area (Å²) in [6, 6.07) is 16.7. The molecule has 31 heavy (non-hydrogen) atoms. The number of rotatable bonds is 6. The number of nitrogens with zero attached hydrogens (tertiary/aromatic N) is 1. The van der Waals surface area contributed by atoms with Crippen LogP contribution in [0.3, 0.4) is 0 Å². The Bertz CT molecular complexity index is 1150. The minimum atomic E-state index is -0.424. The fourth-order valence-corrected chi connectivity index (χ4v) is 3.72. The molecule has 0 atom stereocenters. The molecule has 0 spiro atoms. The molecular formula is C22H16BrCl2N3O3. The van der Waals surface area contributed by atoms with Gasteiger partial charge in [-0.3, -0.25) is 9.59 Å². The fourth-order valence-electron chi connectivity index (χ4n) is 2.67. The number of hydrogen-bond acceptors (Lipinski definition) is 4. The number of hydrazone groups is 1. The molecule has 0 aliphatic rings. The molecule has 0 aromatic heterocycles. The zero-order chi connectivity index (χ0) is 22.4. The molecule has 3 aromatic rings. The van der Waals surface area contributed by atoms with E-state index in [2.05, 4.69) is 31.8 Å². The van der Waals surface area contributed by atoms with Crippen LogP contribution >= 0.6 is 39.1 Å². The van der Waals surface area contributed by atoms with E-state index in [9.17, 15) is 9.59 Å². The summed E-state index contributed by atoms with van der Waals surface area (Å²) in [5, 5.41) is 7.47. The maximum Gasteiger partial charge on any atom is 0.271 e. The van der Waals surface area contributed by atoms with Gasteiger partial charge < -0.3 is 10.1 Å². The van der Waals surface area contributed by atoms with Crippen molar-refractivity contribution < 1.29 is 14.3 Å². The van der Waals surface area contributed by atoms with E-state index in [0.717, 1.165) is 0 Å². The van der Waals surface area contributed by atoms with Crippen molar-refractivity contribution in [3.63, 3.8) is 0 Å². The SMILES string of the molecule is COc1c(Cl)cc(Cl)cc1/C=N/NC(=O)c1ccc(NC(=O)c2ccccc2Br)cc1. The van der Waals surface area contributed by atoms with Crippen molar-refractivity contribution in [3.05, 3.63) is 91.9 Å². The van der Waals surface area contributed by atoms with Crippen molar-refractivity contribution in [1.82, 2.24) is 5.43 Å². The zero-order valence-electron chi connectivity index (χ0n) is 16.2. The molecule has 0 bridgehead atoms. The quantitative estimate of drug-likeness (QED) is 0.319. The molecule has 0 aliphatic carbocycles. The molecular weight excluding hydrogens is 505 g/mol. The Hall–Kier alpha value is -2.87. The van der Waals surface area contributed by atoms with E-state index in [1.165, 1.54) is 13.3 Å². The van der Waals surface area contributed by atoms with E-state index >= 15 is 0 Å². The summed E-state index contributed by atoms with van der Waals surface area (Å²) in [4.78, 5) is 24.7. The minimum Gasteiger partial charge on any atom is -0.495 e. The third-order valence-corrected chi connectivity index (χ3v) is 5.32. The third-order valence-electron chi connectivity index (χ3n) is 4.13. The van der Waals surface area contributed by atoms with Crippen LogP contribution in [-0.4, -0.2) is 25.1 Å². The lowest BCUT2D eigenvalue weighted by Crippen LogP contribution is -2.18. The molecule has 2 N–H and O–H groups in total. The second kappa shape index (κ2) is 10.4. The van der Waals surface area contributed by atoms with Crippen LogP contribution in [0.5, 0.6) is 5.75 Å². The van der Waals surface area contributed by atoms with Crippen molar-refractivity contribution in [1.29, 1.82) is 0 Å². The van der Waals surface area contributed by atoms with Crippen LogP contribution in [0.2, 0.25) is 10.0 Å². The Labute approximate surface area is 197 Å². The Kier molecular flexibility index (Phi) is 7.68. The molecule has 0 heterocycles. The van der Waals surface area contributed by atoms with E-state index < -0.39 is 5.91 Å². The first-order valence-corrected chi connectivity index (χ1v) is 10.5. The first kappa shape index (κ1) is 22.8. The summed E-state index contributed by atoms with van der Waals surface area (Å²) in [5.41, 5.74) is 4.38. The van der Waals surface area contributed by atoms with Crippen molar-refractivity contribution in [2.24, 2.45) is 5.10 Å². The van der Waals surface area contributed by atoms with E-state index in [4.69, 9.17) is 27.9 Å². The van der Waals surface area contributed by atoms with Crippen LogP contribution in [-0.2, 0) is 0 Å². The first-order valence-electron chi connectivity index (χ1n) is 8.91. The van der Waals surface area contributed by atoms with Gasteiger partial charge in [-0.1, -0.05) is 35.3 Å². The monoisotopic (exact) mass is 519 g/mol. The van der Waals surface area contributed by atoms with Crippen LogP contribution in [0.15, 0.2) is 70.2 Å². The van der Waals surface area contributed by atoms with Crippen LogP contribution in [0.25, 0.3) is 0 Å². The van der Waals surface area contributed by atoms with Gasteiger partial charge in [-0.15, -0.1) is 0 Å². The van der Waals surface area contributed by atoms with Gasteiger partial charge in [-0.25, -0.2) is 5.43 Å². The van der Waals surface area contributed by atoms with Crippen molar-refractivity contribution >= 4 is 62.8 Å². The second-order valence-electron chi connectivity index (χ2n) is 6.22. The molecule has 6 nitrogen and oxygen atoms in total. The number of nitrogens with one attached hydrogen (secondary N) is 2. The molecule has 9 heteroatoms. The summed E-state index contributed by atoms with van der Waals surface area (Å²) in [5.74, 6) is -0.287. The lowest BCUT2D eigenvalue weighted by molar-refractivity contribution is 0.0954. The molecule has 3 rings (SSSR count). The number of anilines is 1. The van der Waals surface area contributed by atoms with Gasteiger partial charge in [0.15, 0.2) is 0 Å². The summed E-state index contributed by atoms with van der Waals surface area (Å²) < 4.78 is 5.92. The summed E-state index contributed by atoms with van der Waals surface area (Å²) >= 11 is 15.4. The summed E-state index contributed by atoms with van der Waals surface area (Å²) in [7, 11) is 1.47. The van der Waals surface area contributed by atoms with E-state index in [1.54, 1.807) is 54.6 Å². The van der Waals surface area contributed by atoms with Gasteiger partial charge in [-0.2, -0.15) is 5.10 Å². The van der Waals surface area contributed by atoms with Gasteiger partial charge in [0.1, 0.15) is 5.75 Å². The summed E-state index contributed by atoms with van der Waals surface area (Å²) in [6.07, 6.45) is 1.39. The molecule has 0 saturated heterocycles. The molecule has 0 radical (unpaired) electrons. The highest BCUT2D eigenvalue weighted by atomic mass is 79.9. The highest BCUT2D eigenvalue weighted by Gasteiger charge is 2.11. The lowest BCUT2D eigenvalue weighted by atomic mass is 10.1. The second-order valence-corrected chi connectivity index (χ2v) is 7.92. The van der Waals surface area contributed by atoms with Gasteiger partial charge in [0.05, 0.1) is 23.9 Å². The number of carbonyl (C=O) groups is 2. The van der Waals surface area contributed by atoms with Crippen molar-refractivity contribution in [2.75, 3.05) is 12.4 Å². The first-order chi connectivity index (χ1) is 14.9. The highest BCUT2D eigenvalue weighted by molar-refractivity contribution is 9.10. The van der Waals surface area contributed by atoms with Gasteiger partial charge in [0, 0.05) is 26.3 Å². The van der Waals surface area contributed by atoms with Gasteiger partial charge in [-0.05, 0) is 64.5 Å². The Morgan fingerprint density at radius 2 is 1.74 bits per heavy atom. The normalized spacial score (nSPS) is 10.7. The van der Waals surface area contributed by atoms with Crippen molar-refractivity contribution in [2.45, 2.75) is 0 Å². The molecule has 0 aliphatic heterocycles. The zero-order valence-corrected chi connectivity index (χ0v) is 19.3. The third kappa shape index (κ3) is 5.85. The van der Waals surface area contributed by atoms with E-state index in [0.29, 0.717) is 42.6 Å². The molecule has 3 aromatic carbocycles. The van der Waals surface area contributed by atoms with Crippen LogP contribution in [0, 0.1) is 0 Å². The van der Waals surface area contributed by atoms with E-state index in [-0.39, 0.29) is 5.91 Å².